The molecule has 0 unspecified atom stereocenters. The molecule has 7 heteroatoms. The highest BCUT2D eigenvalue weighted by Gasteiger charge is 2.22. The summed E-state index contributed by atoms with van der Waals surface area (Å²) in [6, 6.07) is 11.1. The van der Waals surface area contributed by atoms with Crippen LogP contribution in [0.3, 0.4) is 0 Å². The number of nitrogens with zero attached hydrogens (tertiary/aromatic N) is 1. The lowest BCUT2D eigenvalue weighted by Crippen LogP contribution is -2.28. The number of carbonyl (C=O) groups is 2. The number of halogens is 1. The maximum atomic E-state index is 12.3. The van der Waals surface area contributed by atoms with Crippen LogP contribution < -0.4 is 4.74 Å². The van der Waals surface area contributed by atoms with Crippen molar-refractivity contribution in [1.29, 1.82) is 0 Å². The van der Waals surface area contributed by atoms with Crippen LogP contribution in [-0.2, 0) is 20.8 Å². The van der Waals surface area contributed by atoms with Gasteiger partial charge in [0.2, 0.25) is 0 Å². The van der Waals surface area contributed by atoms with Gasteiger partial charge in [0.05, 0.1) is 17.7 Å². The van der Waals surface area contributed by atoms with Gasteiger partial charge in [0, 0.05) is 23.1 Å². The molecule has 2 aromatic carbocycles. The Morgan fingerprint density at radius 1 is 1.18 bits per heavy atom. The lowest BCUT2D eigenvalue weighted by molar-refractivity contribution is -0.149. The predicted octanol–water partition coefficient (Wildman–Crippen LogP) is 6.02. The maximum absolute atomic E-state index is 12.3. The first-order valence-corrected chi connectivity index (χ1v) is 11.6. The Morgan fingerprint density at radius 3 is 2.62 bits per heavy atom. The second kappa shape index (κ2) is 11.3. The molecule has 0 amide bonds. The van der Waals surface area contributed by atoms with E-state index in [4.69, 9.17) is 25.8 Å². The molecule has 1 aromatic heterocycles. The van der Waals surface area contributed by atoms with Gasteiger partial charge in [-0.25, -0.2) is 9.59 Å². The van der Waals surface area contributed by atoms with E-state index in [-0.39, 0.29) is 12.6 Å². The maximum Gasteiger partial charge on any atom is 0.347 e. The van der Waals surface area contributed by atoms with E-state index in [0.717, 1.165) is 34.1 Å². The monoisotopic (exact) mass is 483 g/mol. The number of carbonyl (C=O) groups excluding carboxylic acids is 2. The van der Waals surface area contributed by atoms with Crippen LogP contribution in [0.1, 0.15) is 46.9 Å². The topological polar surface area (TPSA) is 66.8 Å². The first-order chi connectivity index (χ1) is 16.3. The number of hydrogen-bond acceptors (Lipinski definition) is 5. The van der Waals surface area contributed by atoms with E-state index in [1.807, 2.05) is 45.0 Å². The number of esters is 2. The molecule has 0 radical (unpaired) electrons. The fourth-order valence-corrected chi connectivity index (χ4v) is 4.05. The van der Waals surface area contributed by atoms with Crippen molar-refractivity contribution in [3.8, 4) is 5.75 Å². The zero-order valence-corrected chi connectivity index (χ0v) is 20.8. The third kappa shape index (κ3) is 5.45. The first-order valence-electron chi connectivity index (χ1n) is 11.2. The summed E-state index contributed by atoms with van der Waals surface area (Å²) in [6.07, 6.45) is 2.14. The number of methoxy groups -OCH3 is 1. The van der Waals surface area contributed by atoms with Gasteiger partial charge < -0.3 is 18.8 Å². The average molecular weight is 484 g/mol. The van der Waals surface area contributed by atoms with Gasteiger partial charge in [0.25, 0.3) is 0 Å². The molecule has 1 atom stereocenters. The molecule has 3 rings (SSSR count). The Balaban J connectivity index is 1.92. The summed E-state index contributed by atoms with van der Waals surface area (Å²) < 4.78 is 18.2. The highest BCUT2D eigenvalue weighted by Crippen LogP contribution is 2.31. The lowest BCUT2D eigenvalue weighted by atomic mass is 10.1. The van der Waals surface area contributed by atoms with Gasteiger partial charge in [0.1, 0.15) is 12.4 Å². The van der Waals surface area contributed by atoms with Gasteiger partial charge in [-0.05, 0) is 61.7 Å². The number of benzene rings is 2. The van der Waals surface area contributed by atoms with E-state index in [0.29, 0.717) is 29.3 Å². The van der Waals surface area contributed by atoms with Crippen molar-refractivity contribution in [2.45, 2.75) is 46.3 Å². The van der Waals surface area contributed by atoms with Gasteiger partial charge in [-0.1, -0.05) is 43.7 Å². The summed E-state index contributed by atoms with van der Waals surface area (Å²) in [5.41, 5.74) is 4.65. The number of ether oxygens (including phenoxy) is 3. The molecule has 0 fully saturated rings. The molecule has 180 valence electrons. The molecule has 0 aliphatic heterocycles. The second-order valence-corrected chi connectivity index (χ2v) is 8.51. The van der Waals surface area contributed by atoms with E-state index in [1.165, 1.54) is 7.11 Å². The average Bonchev–Trinajstić information content (AvgIpc) is 3.07. The SMILES string of the molecule is C=CCOC(=O)c1ccc2c(c1)c(C)c(C)n2Cc1ccc(Cl)c(O[C@H](CCC)C(=O)OC)c1. The highest BCUT2D eigenvalue weighted by atomic mass is 35.5. The van der Waals surface area contributed by atoms with Gasteiger partial charge in [-0.3, -0.25) is 0 Å². The van der Waals surface area contributed by atoms with Crippen LogP contribution in [0.4, 0.5) is 0 Å². The van der Waals surface area contributed by atoms with Crippen molar-refractivity contribution in [2.24, 2.45) is 0 Å². The third-order valence-electron chi connectivity index (χ3n) is 5.83. The number of aromatic nitrogens is 1. The molecule has 0 N–H and O–H groups in total. The lowest BCUT2D eigenvalue weighted by Gasteiger charge is -2.18. The van der Waals surface area contributed by atoms with Gasteiger partial charge in [-0.15, -0.1) is 0 Å². The Bertz CT molecular complexity index is 1210. The van der Waals surface area contributed by atoms with E-state index >= 15 is 0 Å². The van der Waals surface area contributed by atoms with Crippen molar-refractivity contribution in [2.75, 3.05) is 13.7 Å². The van der Waals surface area contributed by atoms with Crippen LogP contribution in [-0.4, -0.2) is 36.3 Å². The minimum atomic E-state index is -0.710. The number of aryl methyl sites for hydroxylation is 1. The number of rotatable bonds is 10. The zero-order valence-electron chi connectivity index (χ0n) is 20.0. The second-order valence-electron chi connectivity index (χ2n) is 8.10. The Labute approximate surface area is 205 Å². The van der Waals surface area contributed by atoms with E-state index in [2.05, 4.69) is 11.1 Å². The van der Waals surface area contributed by atoms with Crippen LogP contribution in [0.15, 0.2) is 49.1 Å². The molecule has 0 aliphatic rings. The Hall–Kier alpha value is -3.25. The quantitative estimate of drug-likeness (QED) is 0.260. The van der Waals surface area contributed by atoms with Crippen LogP contribution in [0.2, 0.25) is 5.02 Å². The predicted molar refractivity (Wildman–Crippen MR) is 134 cm³/mol. The minimum absolute atomic E-state index is 0.173. The third-order valence-corrected chi connectivity index (χ3v) is 6.14. The fraction of sp³-hybridized carbons (Fsp3) is 0.333. The Morgan fingerprint density at radius 2 is 1.94 bits per heavy atom. The zero-order chi connectivity index (χ0) is 24.8. The van der Waals surface area contributed by atoms with Crippen LogP contribution in [0.25, 0.3) is 10.9 Å². The van der Waals surface area contributed by atoms with Gasteiger partial charge in [0.15, 0.2) is 6.10 Å². The van der Waals surface area contributed by atoms with Crippen molar-refractivity contribution in [1.82, 2.24) is 4.57 Å². The van der Waals surface area contributed by atoms with Crippen LogP contribution in [0, 0.1) is 13.8 Å². The Kier molecular flexibility index (Phi) is 8.40. The van der Waals surface area contributed by atoms with E-state index in [9.17, 15) is 9.59 Å². The summed E-state index contributed by atoms with van der Waals surface area (Å²) in [4.78, 5) is 24.4. The summed E-state index contributed by atoms with van der Waals surface area (Å²) in [5, 5.41) is 1.42. The normalized spacial score (nSPS) is 11.8. The van der Waals surface area contributed by atoms with Crippen molar-refractivity contribution in [3.63, 3.8) is 0 Å². The molecule has 0 spiro atoms. The molecule has 0 bridgehead atoms. The molecule has 0 aliphatic carbocycles. The highest BCUT2D eigenvalue weighted by molar-refractivity contribution is 6.32. The molecule has 1 heterocycles. The number of hydrogen-bond donors (Lipinski definition) is 0. The standard InChI is InChI=1S/C27H30ClNO5/c1-6-8-24(27(31)32-5)34-25-14-19(9-11-22(25)28)16-29-18(4)17(3)21-15-20(10-12-23(21)29)26(30)33-13-7-2/h7,9-12,14-15,24H,2,6,8,13,16H2,1,3-5H3/t24-/m1/s1. The molecule has 34 heavy (non-hydrogen) atoms. The summed E-state index contributed by atoms with van der Waals surface area (Å²) in [7, 11) is 1.35. The number of fused-ring (bicyclic) bond motifs is 1. The fourth-order valence-electron chi connectivity index (χ4n) is 3.89. The summed E-state index contributed by atoms with van der Waals surface area (Å²) in [6.45, 7) is 10.4. The molecule has 6 nitrogen and oxygen atoms in total. The van der Waals surface area contributed by atoms with Crippen molar-refractivity contribution in [3.05, 3.63) is 76.5 Å². The smallest absolute Gasteiger partial charge is 0.347 e. The van der Waals surface area contributed by atoms with E-state index in [1.54, 1.807) is 18.2 Å². The minimum Gasteiger partial charge on any atom is -0.477 e. The molecular formula is C27H30ClNO5. The molecule has 0 saturated carbocycles. The van der Waals surface area contributed by atoms with E-state index < -0.39 is 12.1 Å². The van der Waals surface area contributed by atoms with Crippen molar-refractivity contribution >= 4 is 34.4 Å². The van der Waals surface area contributed by atoms with Crippen LogP contribution >= 0.6 is 11.6 Å². The molecular weight excluding hydrogens is 454 g/mol. The van der Waals surface area contributed by atoms with Gasteiger partial charge in [-0.2, -0.15) is 0 Å². The summed E-state index contributed by atoms with van der Waals surface area (Å²) >= 11 is 6.37. The largest absolute Gasteiger partial charge is 0.477 e. The molecule has 3 aromatic rings. The van der Waals surface area contributed by atoms with Crippen LogP contribution in [0.5, 0.6) is 5.75 Å². The van der Waals surface area contributed by atoms with Gasteiger partial charge >= 0.3 is 11.9 Å². The first kappa shape index (κ1) is 25.4. The van der Waals surface area contributed by atoms with Crippen molar-refractivity contribution < 1.29 is 23.8 Å². The molecule has 0 saturated heterocycles. The summed E-state index contributed by atoms with van der Waals surface area (Å²) in [5.74, 6) is -0.354.